The van der Waals surface area contributed by atoms with Crippen molar-refractivity contribution in [3.05, 3.63) is 71.5 Å². The summed E-state index contributed by atoms with van der Waals surface area (Å²) in [5.41, 5.74) is 0.889. The van der Waals surface area contributed by atoms with Crippen LogP contribution >= 0.6 is 11.6 Å². The Morgan fingerprint density at radius 3 is 2.43 bits per heavy atom. The number of hydrogen-bond donors (Lipinski definition) is 1. The largest absolute Gasteiger partial charge is 0.416 e. The van der Waals surface area contributed by atoms with E-state index < -0.39 is 26.7 Å². The topological polar surface area (TPSA) is 89.2 Å². The zero-order chi connectivity index (χ0) is 21.5. The minimum Gasteiger partial charge on any atom is -0.280 e. The maximum absolute atomic E-state index is 12.9. The summed E-state index contributed by atoms with van der Waals surface area (Å²) >= 11 is 5.83. The Labute approximate surface area is 173 Å². The van der Waals surface area contributed by atoms with E-state index in [0.717, 1.165) is 12.1 Å². The standard InChI is InChI=1S/C18H11ClF3N5O2S/c19-14-6-3-12(18(20,21)22)9-16(14)30(28,29)26-13-4-1-11(2-5-13)15-7-8-17-24-23-10-27(17)25-15/h1-10,26H. The summed E-state index contributed by atoms with van der Waals surface area (Å²) in [5.74, 6) is 0. The van der Waals surface area contributed by atoms with Crippen LogP contribution in [0.3, 0.4) is 0 Å². The van der Waals surface area contributed by atoms with E-state index in [-0.39, 0.29) is 10.7 Å². The molecule has 2 aromatic carbocycles. The Hall–Kier alpha value is -3.18. The van der Waals surface area contributed by atoms with Crippen LogP contribution in [-0.2, 0) is 16.2 Å². The first-order valence-electron chi connectivity index (χ1n) is 8.30. The summed E-state index contributed by atoms with van der Waals surface area (Å²) in [5, 5.41) is 11.6. The molecule has 30 heavy (non-hydrogen) atoms. The van der Waals surface area contributed by atoms with Crippen molar-refractivity contribution in [1.29, 1.82) is 0 Å². The maximum Gasteiger partial charge on any atom is 0.416 e. The molecular formula is C18H11ClF3N5O2S. The van der Waals surface area contributed by atoms with E-state index in [1.165, 1.54) is 23.0 Å². The van der Waals surface area contributed by atoms with Crippen molar-refractivity contribution in [2.75, 3.05) is 4.72 Å². The molecule has 154 valence electrons. The number of sulfonamides is 1. The van der Waals surface area contributed by atoms with E-state index in [4.69, 9.17) is 11.6 Å². The lowest BCUT2D eigenvalue weighted by Crippen LogP contribution is -2.15. The first kappa shape index (κ1) is 20.1. The molecule has 0 aliphatic rings. The van der Waals surface area contributed by atoms with Crippen LogP contribution < -0.4 is 4.72 Å². The minimum absolute atomic E-state index is 0.151. The van der Waals surface area contributed by atoms with E-state index in [0.29, 0.717) is 23.0 Å². The maximum atomic E-state index is 12.9. The molecule has 0 saturated carbocycles. The number of benzene rings is 2. The van der Waals surface area contributed by atoms with Gasteiger partial charge in [-0.15, -0.1) is 10.2 Å². The Morgan fingerprint density at radius 1 is 1.00 bits per heavy atom. The van der Waals surface area contributed by atoms with Gasteiger partial charge in [-0.3, -0.25) is 4.72 Å². The second-order valence-electron chi connectivity index (χ2n) is 6.18. The summed E-state index contributed by atoms with van der Waals surface area (Å²) in [7, 11) is -4.34. The number of nitrogens with zero attached hydrogens (tertiary/aromatic N) is 4. The van der Waals surface area contributed by atoms with Crippen molar-refractivity contribution in [2.45, 2.75) is 11.1 Å². The van der Waals surface area contributed by atoms with Crippen molar-refractivity contribution in [3.8, 4) is 11.3 Å². The van der Waals surface area contributed by atoms with Crippen molar-refractivity contribution < 1.29 is 21.6 Å². The van der Waals surface area contributed by atoms with E-state index in [1.54, 1.807) is 24.3 Å². The smallest absolute Gasteiger partial charge is 0.280 e. The monoisotopic (exact) mass is 453 g/mol. The van der Waals surface area contributed by atoms with Crippen molar-refractivity contribution in [3.63, 3.8) is 0 Å². The molecule has 0 aliphatic heterocycles. The summed E-state index contributed by atoms with van der Waals surface area (Å²) < 4.78 is 67.7. The van der Waals surface area contributed by atoms with Crippen LogP contribution in [0.2, 0.25) is 5.02 Å². The Balaban J connectivity index is 1.61. The van der Waals surface area contributed by atoms with Crippen LogP contribution in [-0.4, -0.2) is 28.2 Å². The highest BCUT2D eigenvalue weighted by molar-refractivity contribution is 7.92. The lowest BCUT2D eigenvalue weighted by molar-refractivity contribution is -0.137. The van der Waals surface area contributed by atoms with Gasteiger partial charge in [-0.2, -0.15) is 22.8 Å². The molecule has 0 unspecified atom stereocenters. The second-order valence-corrected chi connectivity index (χ2v) is 8.24. The van der Waals surface area contributed by atoms with Gasteiger partial charge in [-0.1, -0.05) is 23.7 Å². The van der Waals surface area contributed by atoms with Crippen molar-refractivity contribution in [1.82, 2.24) is 19.8 Å². The number of rotatable bonds is 4. The first-order chi connectivity index (χ1) is 14.1. The van der Waals surface area contributed by atoms with E-state index >= 15 is 0 Å². The predicted molar refractivity (Wildman–Crippen MR) is 103 cm³/mol. The third kappa shape index (κ3) is 3.94. The lowest BCUT2D eigenvalue weighted by Gasteiger charge is -2.13. The van der Waals surface area contributed by atoms with Gasteiger partial charge in [0.2, 0.25) is 0 Å². The molecule has 1 N–H and O–H groups in total. The normalized spacial score (nSPS) is 12.3. The summed E-state index contributed by atoms with van der Waals surface area (Å²) in [6.07, 6.45) is -3.25. The third-order valence-corrected chi connectivity index (χ3v) is 6.01. The minimum atomic E-state index is -4.70. The average Bonchev–Trinajstić information content (AvgIpc) is 3.15. The highest BCUT2D eigenvalue weighted by atomic mass is 35.5. The summed E-state index contributed by atoms with van der Waals surface area (Å²) in [6.45, 7) is 0. The zero-order valence-electron chi connectivity index (χ0n) is 14.8. The van der Waals surface area contributed by atoms with Gasteiger partial charge in [0.25, 0.3) is 10.0 Å². The van der Waals surface area contributed by atoms with Gasteiger partial charge in [0.1, 0.15) is 11.2 Å². The molecule has 0 fully saturated rings. The van der Waals surface area contributed by atoms with Gasteiger partial charge in [0.05, 0.1) is 16.3 Å². The SMILES string of the molecule is O=S(=O)(Nc1ccc(-c2ccc3nncn3n2)cc1)c1cc(C(F)(F)F)ccc1Cl. The molecule has 0 bridgehead atoms. The number of hydrogen-bond acceptors (Lipinski definition) is 5. The number of fused-ring (bicyclic) bond motifs is 1. The van der Waals surface area contributed by atoms with E-state index in [2.05, 4.69) is 20.0 Å². The van der Waals surface area contributed by atoms with Gasteiger partial charge in [-0.05, 0) is 42.5 Å². The fourth-order valence-corrected chi connectivity index (χ4v) is 4.27. The molecule has 4 rings (SSSR count). The number of nitrogens with one attached hydrogen (secondary N) is 1. The molecule has 0 atom stereocenters. The second kappa shape index (κ2) is 7.26. The molecule has 2 heterocycles. The van der Waals surface area contributed by atoms with Crippen LogP contribution in [0.25, 0.3) is 16.9 Å². The number of alkyl halides is 3. The number of anilines is 1. The molecule has 0 aliphatic carbocycles. The van der Waals surface area contributed by atoms with Gasteiger partial charge in [-0.25, -0.2) is 8.42 Å². The lowest BCUT2D eigenvalue weighted by atomic mass is 10.1. The van der Waals surface area contributed by atoms with Gasteiger partial charge in [0.15, 0.2) is 5.65 Å². The molecule has 12 heteroatoms. The van der Waals surface area contributed by atoms with Crippen LogP contribution in [0.1, 0.15) is 5.56 Å². The summed E-state index contributed by atoms with van der Waals surface area (Å²) in [4.78, 5) is -0.664. The molecule has 2 aromatic heterocycles. The predicted octanol–water partition coefficient (Wildman–Crippen LogP) is 4.26. The van der Waals surface area contributed by atoms with Crippen LogP contribution in [0, 0.1) is 0 Å². The molecule has 7 nitrogen and oxygen atoms in total. The van der Waals surface area contributed by atoms with Crippen LogP contribution in [0.5, 0.6) is 0 Å². The van der Waals surface area contributed by atoms with Crippen LogP contribution in [0.15, 0.2) is 65.8 Å². The fraction of sp³-hybridized carbons (Fsp3) is 0.0556. The highest BCUT2D eigenvalue weighted by Crippen LogP contribution is 2.34. The molecule has 0 spiro atoms. The average molecular weight is 454 g/mol. The first-order valence-corrected chi connectivity index (χ1v) is 10.2. The van der Waals surface area contributed by atoms with E-state index in [9.17, 15) is 21.6 Å². The van der Waals surface area contributed by atoms with Crippen molar-refractivity contribution >= 4 is 33.0 Å². The van der Waals surface area contributed by atoms with Crippen molar-refractivity contribution in [2.24, 2.45) is 0 Å². The quantitative estimate of drug-likeness (QED) is 0.498. The van der Waals surface area contributed by atoms with Crippen LogP contribution in [0.4, 0.5) is 18.9 Å². The fourth-order valence-electron chi connectivity index (χ4n) is 2.69. The molecule has 0 saturated heterocycles. The Bertz CT molecular complexity index is 1340. The number of halogens is 4. The van der Waals surface area contributed by atoms with Gasteiger partial charge < -0.3 is 0 Å². The molecule has 0 amide bonds. The highest BCUT2D eigenvalue weighted by Gasteiger charge is 2.32. The third-order valence-electron chi connectivity index (χ3n) is 4.14. The molecule has 0 radical (unpaired) electrons. The van der Waals surface area contributed by atoms with Gasteiger partial charge in [0, 0.05) is 11.3 Å². The number of aromatic nitrogens is 4. The Morgan fingerprint density at radius 2 is 1.73 bits per heavy atom. The van der Waals surface area contributed by atoms with Gasteiger partial charge >= 0.3 is 6.18 Å². The summed E-state index contributed by atoms with van der Waals surface area (Å²) in [6, 6.07) is 11.7. The van der Waals surface area contributed by atoms with E-state index in [1.807, 2.05) is 0 Å². The Kier molecular flexibility index (Phi) is 4.86. The molecule has 4 aromatic rings. The zero-order valence-corrected chi connectivity index (χ0v) is 16.4. The molecular weight excluding hydrogens is 443 g/mol.